The lowest BCUT2D eigenvalue weighted by Gasteiger charge is -2.11. The number of nitrogens with zero attached hydrogens (tertiary/aromatic N) is 4. The van der Waals surface area contributed by atoms with Crippen molar-refractivity contribution in [3.05, 3.63) is 34.8 Å². The van der Waals surface area contributed by atoms with Crippen LogP contribution in [0.25, 0.3) is 22.1 Å². The van der Waals surface area contributed by atoms with Crippen LogP contribution >= 0.6 is 23.1 Å². The first-order chi connectivity index (χ1) is 14.2. The van der Waals surface area contributed by atoms with E-state index in [0.717, 1.165) is 35.0 Å². The Balaban J connectivity index is 1.34. The summed E-state index contributed by atoms with van der Waals surface area (Å²) in [6, 6.07) is 7.91. The van der Waals surface area contributed by atoms with Crippen LogP contribution in [0, 0.1) is 0 Å². The van der Waals surface area contributed by atoms with E-state index < -0.39 is 0 Å². The second-order valence-electron chi connectivity index (χ2n) is 7.06. The zero-order valence-electron chi connectivity index (χ0n) is 15.9. The van der Waals surface area contributed by atoms with Crippen molar-refractivity contribution in [2.45, 2.75) is 49.4 Å². The highest BCUT2D eigenvalue weighted by molar-refractivity contribution is 8.00. The number of para-hydroxylation sites is 1. The Morgan fingerprint density at radius 3 is 2.97 bits per heavy atom. The number of aromatic nitrogens is 5. The first kappa shape index (κ1) is 18.5. The Labute approximate surface area is 175 Å². The highest BCUT2D eigenvalue weighted by Gasteiger charge is 2.23. The molecule has 0 aliphatic heterocycles. The minimum atomic E-state index is -0.306. The van der Waals surface area contributed by atoms with Crippen LogP contribution in [0.2, 0.25) is 0 Å². The SMILES string of the molecule is CCC(Sc1nnc2c(n1)[nH]c1ccccc12)C(=O)Nc1nc2c(s1)CCCC2. The molecule has 7 nitrogen and oxygen atoms in total. The normalized spacial score (nSPS) is 14.8. The fourth-order valence-corrected chi connectivity index (χ4v) is 5.47. The number of H-pyrrole nitrogens is 1. The molecule has 0 radical (unpaired) electrons. The van der Waals surface area contributed by atoms with Crippen LogP contribution in [0.3, 0.4) is 0 Å². The number of carbonyl (C=O) groups excluding carboxylic acids is 1. The second-order valence-corrected chi connectivity index (χ2v) is 9.32. The maximum absolute atomic E-state index is 12.8. The Morgan fingerprint density at radius 1 is 1.24 bits per heavy atom. The maximum Gasteiger partial charge on any atom is 0.239 e. The third kappa shape index (κ3) is 3.60. The number of carbonyl (C=O) groups is 1. The summed E-state index contributed by atoms with van der Waals surface area (Å²) in [7, 11) is 0. The van der Waals surface area contributed by atoms with Crippen molar-refractivity contribution in [1.82, 2.24) is 25.1 Å². The number of anilines is 1. The van der Waals surface area contributed by atoms with Gasteiger partial charge >= 0.3 is 0 Å². The Bertz CT molecular complexity index is 1180. The van der Waals surface area contributed by atoms with Gasteiger partial charge in [0.1, 0.15) is 5.52 Å². The number of benzene rings is 1. The van der Waals surface area contributed by atoms with Crippen molar-refractivity contribution in [2.75, 3.05) is 5.32 Å². The highest BCUT2D eigenvalue weighted by Crippen LogP contribution is 2.31. The van der Waals surface area contributed by atoms with Crippen molar-refractivity contribution in [1.29, 1.82) is 0 Å². The predicted molar refractivity (Wildman–Crippen MR) is 117 cm³/mol. The lowest BCUT2D eigenvalue weighted by Crippen LogP contribution is -2.24. The smallest absolute Gasteiger partial charge is 0.239 e. The van der Waals surface area contributed by atoms with E-state index in [-0.39, 0.29) is 11.2 Å². The summed E-state index contributed by atoms with van der Waals surface area (Å²) in [6.45, 7) is 1.99. The molecule has 2 N–H and O–H groups in total. The van der Waals surface area contributed by atoms with Gasteiger partial charge in [-0.25, -0.2) is 9.97 Å². The van der Waals surface area contributed by atoms with Gasteiger partial charge in [0.05, 0.1) is 10.9 Å². The Kier molecular flexibility index (Phi) is 4.92. The molecule has 1 unspecified atom stereocenters. The Morgan fingerprint density at radius 2 is 2.10 bits per heavy atom. The molecule has 1 aliphatic rings. The van der Waals surface area contributed by atoms with Gasteiger partial charge in [-0.3, -0.25) is 4.79 Å². The molecule has 1 aliphatic carbocycles. The summed E-state index contributed by atoms with van der Waals surface area (Å²) in [5.41, 5.74) is 3.56. The molecule has 9 heteroatoms. The van der Waals surface area contributed by atoms with Crippen LogP contribution in [0.4, 0.5) is 5.13 Å². The molecule has 0 saturated heterocycles. The number of aryl methyl sites for hydroxylation is 2. The minimum absolute atomic E-state index is 0.0658. The maximum atomic E-state index is 12.8. The quantitative estimate of drug-likeness (QED) is 0.462. The molecule has 29 heavy (non-hydrogen) atoms. The van der Waals surface area contributed by atoms with Gasteiger partial charge in [-0.2, -0.15) is 0 Å². The van der Waals surface area contributed by atoms with E-state index in [1.807, 2.05) is 31.2 Å². The average Bonchev–Trinajstić information content (AvgIpc) is 3.31. The number of thiazole rings is 1. The van der Waals surface area contributed by atoms with E-state index in [0.29, 0.717) is 22.4 Å². The van der Waals surface area contributed by atoms with E-state index in [1.54, 1.807) is 11.3 Å². The van der Waals surface area contributed by atoms with E-state index in [9.17, 15) is 4.79 Å². The monoisotopic (exact) mass is 424 g/mol. The van der Waals surface area contributed by atoms with Crippen LogP contribution in [-0.4, -0.2) is 36.3 Å². The minimum Gasteiger partial charge on any atom is -0.338 e. The summed E-state index contributed by atoms with van der Waals surface area (Å²) >= 11 is 2.94. The Hall–Kier alpha value is -2.52. The molecule has 0 saturated carbocycles. The van der Waals surface area contributed by atoms with Gasteiger partial charge in [-0.05, 0) is 38.2 Å². The van der Waals surface area contributed by atoms with Crippen LogP contribution in [0.15, 0.2) is 29.4 Å². The largest absolute Gasteiger partial charge is 0.338 e. The van der Waals surface area contributed by atoms with Crippen molar-refractivity contribution >= 4 is 56.2 Å². The molecule has 148 valence electrons. The molecule has 4 aromatic rings. The second kappa shape index (κ2) is 7.72. The fourth-order valence-electron chi connectivity index (χ4n) is 3.60. The zero-order chi connectivity index (χ0) is 19.8. The molecule has 1 amide bonds. The van der Waals surface area contributed by atoms with Crippen molar-refractivity contribution in [2.24, 2.45) is 0 Å². The highest BCUT2D eigenvalue weighted by atomic mass is 32.2. The number of rotatable bonds is 5. The molecule has 1 atom stereocenters. The average molecular weight is 425 g/mol. The number of fused-ring (bicyclic) bond motifs is 4. The van der Waals surface area contributed by atoms with Crippen LogP contribution < -0.4 is 5.32 Å². The molecular weight excluding hydrogens is 404 g/mol. The van der Waals surface area contributed by atoms with Gasteiger partial charge in [0.2, 0.25) is 11.1 Å². The van der Waals surface area contributed by atoms with Crippen LogP contribution in [0.1, 0.15) is 36.8 Å². The third-order valence-electron chi connectivity index (χ3n) is 5.09. The number of thioether (sulfide) groups is 1. The molecule has 5 rings (SSSR count). The molecule has 3 heterocycles. The molecule has 0 fully saturated rings. The van der Waals surface area contributed by atoms with Gasteiger partial charge in [-0.15, -0.1) is 21.5 Å². The first-order valence-corrected chi connectivity index (χ1v) is 11.5. The van der Waals surface area contributed by atoms with Crippen molar-refractivity contribution in [3.63, 3.8) is 0 Å². The standard InChI is InChI=1S/C20H20N6OS2/c1-2-14(18(27)24-19-22-13-9-5-6-10-15(13)29-19)28-20-23-17-16(25-26-20)11-7-3-4-8-12(11)21-17/h3-4,7-8,14H,2,5-6,9-10H2,1H3,(H,21,23,26)(H,22,24,27). The molecule has 1 aromatic carbocycles. The molecule has 3 aromatic heterocycles. The lowest BCUT2D eigenvalue weighted by atomic mass is 10.0. The number of hydrogen-bond donors (Lipinski definition) is 2. The summed E-state index contributed by atoms with van der Waals surface area (Å²) in [5, 5.41) is 13.5. The van der Waals surface area contributed by atoms with Gasteiger partial charge in [-0.1, -0.05) is 36.9 Å². The van der Waals surface area contributed by atoms with E-state index >= 15 is 0 Å². The summed E-state index contributed by atoms with van der Waals surface area (Å²) in [5.74, 6) is -0.0658. The molecule has 0 spiro atoms. The van der Waals surface area contributed by atoms with Crippen LogP contribution in [-0.2, 0) is 17.6 Å². The molecular formula is C20H20N6OS2. The summed E-state index contributed by atoms with van der Waals surface area (Å²) in [6.07, 6.45) is 5.13. The molecule has 0 bridgehead atoms. The zero-order valence-corrected chi connectivity index (χ0v) is 17.6. The van der Waals surface area contributed by atoms with E-state index in [1.165, 1.54) is 29.5 Å². The number of amides is 1. The van der Waals surface area contributed by atoms with Crippen LogP contribution in [0.5, 0.6) is 0 Å². The topological polar surface area (TPSA) is 96.5 Å². The predicted octanol–water partition coefficient (Wildman–Crippen LogP) is 4.35. The summed E-state index contributed by atoms with van der Waals surface area (Å²) in [4.78, 5) is 26.6. The van der Waals surface area contributed by atoms with Gasteiger partial charge in [0.25, 0.3) is 0 Å². The van der Waals surface area contributed by atoms with E-state index in [2.05, 4.69) is 30.5 Å². The number of nitrogens with one attached hydrogen (secondary N) is 2. The lowest BCUT2D eigenvalue weighted by molar-refractivity contribution is -0.115. The first-order valence-electron chi connectivity index (χ1n) is 9.78. The van der Waals surface area contributed by atoms with Gasteiger partial charge in [0, 0.05) is 15.8 Å². The summed E-state index contributed by atoms with van der Waals surface area (Å²) < 4.78 is 0. The van der Waals surface area contributed by atoms with Gasteiger partial charge < -0.3 is 10.3 Å². The van der Waals surface area contributed by atoms with Gasteiger partial charge in [0.15, 0.2) is 10.8 Å². The van der Waals surface area contributed by atoms with Crippen molar-refractivity contribution in [3.8, 4) is 0 Å². The fraction of sp³-hybridized carbons (Fsp3) is 0.350. The van der Waals surface area contributed by atoms with Crippen molar-refractivity contribution < 1.29 is 4.79 Å². The number of aromatic amines is 1. The third-order valence-corrected chi connectivity index (χ3v) is 7.38. The van der Waals surface area contributed by atoms with E-state index in [4.69, 9.17) is 0 Å². The number of hydrogen-bond acceptors (Lipinski definition) is 7.